The van der Waals surface area contributed by atoms with Gasteiger partial charge < -0.3 is 0 Å². The van der Waals surface area contributed by atoms with Gasteiger partial charge in [-0.25, -0.2) is 4.18 Å². The third kappa shape index (κ3) is 3.60. The number of nitrogens with zero attached hydrogens (tertiary/aromatic N) is 3. The van der Waals surface area contributed by atoms with Crippen molar-refractivity contribution < 1.29 is 17.2 Å². The molecule has 9 atom stereocenters. The highest BCUT2D eigenvalue weighted by Crippen LogP contribution is 2.68. The zero-order chi connectivity index (χ0) is 21.0. The predicted molar refractivity (Wildman–Crippen MR) is 110 cm³/mol. The highest BCUT2D eigenvalue weighted by Gasteiger charge is 2.60. The molecule has 0 aromatic heterocycles. The zero-order valence-corrected chi connectivity index (χ0v) is 18.6. The Bertz CT molecular complexity index is 798. The Morgan fingerprint density at radius 2 is 1.76 bits per heavy atom. The molecule has 29 heavy (non-hydrogen) atoms. The molecule has 0 aromatic carbocycles. The average Bonchev–Trinajstić information content (AvgIpc) is 2.98. The molecule has 0 spiro atoms. The van der Waals surface area contributed by atoms with E-state index in [1.165, 1.54) is 25.7 Å². The third-order valence-corrected chi connectivity index (χ3v) is 10.3. The van der Waals surface area contributed by atoms with Crippen LogP contribution < -0.4 is 0 Å². The molecule has 0 radical (unpaired) electrons. The normalized spacial score (nSPS) is 48.0. The van der Waals surface area contributed by atoms with Crippen molar-refractivity contribution in [2.45, 2.75) is 90.7 Å². The van der Waals surface area contributed by atoms with Crippen LogP contribution in [0.1, 0.15) is 78.6 Å². The lowest BCUT2D eigenvalue weighted by Gasteiger charge is -2.61. The molecule has 4 saturated carbocycles. The first kappa shape index (κ1) is 21.4. The second kappa shape index (κ2) is 7.40. The summed E-state index contributed by atoms with van der Waals surface area (Å²) in [5.74, 6) is 3.05. The molecule has 4 rings (SSSR count). The van der Waals surface area contributed by atoms with Gasteiger partial charge in [-0.15, -0.1) is 0 Å². The van der Waals surface area contributed by atoms with Crippen molar-refractivity contribution in [2.24, 2.45) is 45.5 Å². The summed E-state index contributed by atoms with van der Waals surface area (Å²) >= 11 is 0. The molecule has 4 aliphatic rings. The summed E-state index contributed by atoms with van der Waals surface area (Å²) in [6, 6.07) is 0.0616. The lowest BCUT2D eigenvalue weighted by atomic mass is 9.44. The Hall–Kier alpha value is -0.820. The number of hydrogen-bond donors (Lipinski definition) is 1. The van der Waals surface area contributed by atoms with Crippen molar-refractivity contribution in [1.29, 1.82) is 0 Å². The molecule has 0 saturated heterocycles. The second-order valence-corrected chi connectivity index (χ2v) is 11.8. The molecule has 0 amide bonds. The van der Waals surface area contributed by atoms with Crippen LogP contribution in [-0.4, -0.2) is 25.1 Å². The zero-order valence-electron chi connectivity index (χ0n) is 17.8. The largest absolute Gasteiger partial charge is 0.397 e. The number of hydrogen-bond acceptors (Lipinski definition) is 4. The molecular weight excluding hydrogens is 390 g/mol. The van der Waals surface area contributed by atoms with Crippen molar-refractivity contribution in [2.75, 3.05) is 0 Å². The van der Waals surface area contributed by atoms with Crippen LogP contribution in [-0.2, 0) is 14.6 Å². The molecule has 0 aliphatic heterocycles. The van der Waals surface area contributed by atoms with E-state index in [1.807, 2.05) is 0 Å². The molecule has 4 fully saturated rings. The Morgan fingerprint density at radius 3 is 2.45 bits per heavy atom. The summed E-state index contributed by atoms with van der Waals surface area (Å²) in [7, 11) is -4.38. The summed E-state index contributed by atoms with van der Waals surface area (Å²) in [5.41, 5.74) is 9.42. The van der Waals surface area contributed by atoms with E-state index in [0.29, 0.717) is 30.1 Å². The second-order valence-electron chi connectivity index (χ2n) is 10.8. The van der Waals surface area contributed by atoms with Gasteiger partial charge >= 0.3 is 10.4 Å². The van der Waals surface area contributed by atoms with E-state index in [0.717, 1.165) is 31.6 Å². The summed E-state index contributed by atoms with van der Waals surface area (Å²) in [4.78, 5) is 3.08. The SMILES string of the molecule is CC(N=[N+]=[N-])[C@H]1CCC2C3CC[C@@H]4CC(OS(=O)(=O)O)CC[C@]4(C)C3CC[C@@]21C. The van der Waals surface area contributed by atoms with Gasteiger partial charge in [0, 0.05) is 11.0 Å². The van der Waals surface area contributed by atoms with E-state index < -0.39 is 10.4 Å². The van der Waals surface area contributed by atoms with Crippen LogP contribution >= 0.6 is 0 Å². The molecule has 0 heterocycles. The lowest BCUT2D eigenvalue weighted by Crippen LogP contribution is -2.54. The quantitative estimate of drug-likeness (QED) is 0.276. The van der Waals surface area contributed by atoms with Gasteiger partial charge in [0.05, 0.1) is 6.10 Å². The third-order valence-electron chi connectivity index (χ3n) is 9.76. The molecule has 8 heteroatoms. The van der Waals surface area contributed by atoms with Gasteiger partial charge in [-0.1, -0.05) is 25.9 Å². The minimum Gasteiger partial charge on any atom is -0.264 e. The summed E-state index contributed by atoms with van der Waals surface area (Å²) < 4.78 is 36.3. The van der Waals surface area contributed by atoms with Gasteiger partial charge in [0.1, 0.15) is 0 Å². The van der Waals surface area contributed by atoms with Crippen molar-refractivity contribution in [3.8, 4) is 0 Å². The molecule has 0 aromatic rings. The van der Waals surface area contributed by atoms with Gasteiger partial charge in [-0.2, -0.15) is 8.42 Å². The van der Waals surface area contributed by atoms with E-state index in [9.17, 15) is 8.42 Å². The smallest absolute Gasteiger partial charge is 0.264 e. The molecular formula is C21H35N3O4S. The minimum absolute atomic E-state index is 0.0616. The lowest BCUT2D eigenvalue weighted by molar-refractivity contribution is -0.125. The average molecular weight is 426 g/mol. The van der Waals surface area contributed by atoms with E-state index >= 15 is 0 Å². The van der Waals surface area contributed by atoms with Crippen LogP contribution in [0.5, 0.6) is 0 Å². The van der Waals surface area contributed by atoms with Crippen LogP contribution in [0.4, 0.5) is 0 Å². The maximum absolute atomic E-state index is 11.2. The van der Waals surface area contributed by atoms with Crippen LogP contribution in [0.3, 0.4) is 0 Å². The van der Waals surface area contributed by atoms with Gasteiger partial charge in [0.2, 0.25) is 0 Å². The molecule has 0 bridgehead atoms. The summed E-state index contributed by atoms with van der Waals surface area (Å²) in [6.45, 7) is 6.95. The minimum atomic E-state index is -4.38. The van der Waals surface area contributed by atoms with Crippen LogP contribution in [0.25, 0.3) is 10.4 Å². The molecule has 5 unspecified atom stereocenters. The predicted octanol–water partition coefficient (Wildman–Crippen LogP) is 5.53. The topological polar surface area (TPSA) is 112 Å². The maximum atomic E-state index is 11.2. The highest BCUT2D eigenvalue weighted by molar-refractivity contribution is 7.80. The fraction of sp³-hybridized carbons (Fsp3) is 1.00. The number of rotatable bonds is 4. The van der Waals surface area contributed by atoms with E-state index in [-0.39, 0.29) is 23.0 Å². The van der Waals surface area contributed by atoms with Gasteiger partial charge in [0.25, 0.3) is 0 Å². The summed E-state index contributed by atoms with van der Waals surface area (Å²) in [6.07, 6.45) is 9.16. The number of fused-ring (bicyclic) bond motifs is 5. The van der Waals surface area contributed by atoms with E-state index in [2.05, 4.69) is 30.8 Å². The van der Waals surface area contributed by atoms with Crippen molar-refractivity contribution in [1.82, 2.24) is 0 Å². The Kier molecular flexibility index (Phi) is 5.46. The van der Waals surface area contributed by atoms with E-state index in [1.54, 1.807) is 0 Å². The first-order valence-electron chi connectivity index (χ1n) is 11.3. The van der Waals surface area contributed by atoms with Crippen LogP contribution in [0.2, 0.25) is 0 Å². The van der Waals surface area contributed by atoms with Gasteiger partial charge in [0.15, 0.2) is 0 Å². The molecule has 4 aliphatic carbocycles. The van der Waals surface area contributed by atoms with Gasteiger partial charge in [-0.3, -0.25) is 4.55 Å². The van der Waals surface area contributed by atoms with Gasteiger partial charge in [-0.05, 0) is 104 Å². The monoisotopic (exact) mass is 425 g/mol. The molecule has 164 valence electrons. The fourth-order valence-electron chi connectivity index (χ4n) is 8.47. The fourth-order valence-corrected chi connectivity index (χ4v) is 8.99. The van der Waals surface area contributed by atoms with Crippen LogP contribution in [0, 0.1) is 40.4 Å². The first-order chi connectivity index (χ1) is 13.6. The number of azide groups is 1. The first-order valence-corrected chi connectivity index (χ1v) is 12.6. The standard InChI is InChI=1S/C21H35N3O4S/c1-13(23-24-22)17-6-7-18-16-5-4-14-12-15(28-29(25,26)27)8-10-20(14,2)19(16)9-11-21(17,18)3/h13-19H,4-12H2,1-3H3,(H,25,26,27)/t13?,14-,15?,16?,17-,18?,19?,20+,21-/m1/s1. The Labute approximate surface area is 174 Å². The Balaban J connectivity index is 1.52. The van der Waals surface area contributed by atoms with Crippen molar-refractivity contribution >= 4 is 10.4 Å². The van der Waals surface area contributed by atoms with E-state index in [4.69, 9.17) is 14.3 Å². The van der Waals surface area contributed by atoms with Crippen molar-refractivity contribution in [3.63, 3.8) is 0 Å². The highest BCUT2D eigenvalue weighted by atomic mass is 32.3. The van der Waals surface area contributed by atoms with Crippen LogP contribution in [0.15, 0.2) is 5.11 Å². The molecule has 7 nitrogen and oxygen atoms in total. The maximum Gasteiger partial charge on any atom is 0.397 e. The molecule has 1 N–H and O–H groups in total. The van der Waals surface area contributed by atoms with Crippen molar-refractivity contribution in [3.05, 3.63) is 10.4 Å². The Morgan fingerprint density at radius 1 is 1.07 bits per heavy atom. The summed E-state index contributed by atoms with van der Waals surface area (Å²) in [5, 5.41) is 4.06.